The average molecular weight is 398 g/mol. The molecule has 88 valence electrons. The summed E-state index contributed by atoms with van der Waals surface area (Å²) < 4.78 is 5.15. The Hall–Kier alpha value is -0.420. The summed E-state index contributed by atoms with van der Waals surface area (Å²) in [4.78, 5) is 0. The second kappa shape index (κ2) is 4.04. The molecule has 0 aliphatic rings. The summed E-state index contributed by atoms with van der Waals surface area (Å²) in [6, 6.07) is 13.1. The molecule has 0 bridgehead atoms. The maximum absolute atomic E-state index is 3.61. The van der Waals surface area contributed by atoms with Gasteiger partial charge in [0, 0.05) is 10.8 Å². The molecule has 2 heterocycles. The molecule has 0 fully saturated rings. The maximum atomic E-state index is 3.61. The van der Waals surface area contributed by atoms with Crippen molar-refractivity contribution < 1.29 is 0 Å². The van der Waals surface area contributed by atoms with Crippen molar-refractivity contribution in [3.8, 4) is 0 Å². The van der Waals surface area contributed by atoms with Crippen molar-refractivity contribution in [2.45, 2.75) is 0 Å². The van der Waals surface area contributed by atoms with Gasteiger partial charge in [-0.15, -0.1) is 22.7 Å². The van der Waals surface area contributed by atoms with Crippen LogP contribution in [0.1, 0.15) is 0 Å². The number of hydrogen-bond donors (Lipinski definition) is 0. The lowest BCUT2D eigenvalue weighted by Crippen LogP contribution is -1.74. The van der Waals surface area contributed by atoms with Crippen LogP contribution in [0.5, 0.6) is 0 Å². The molecular weight excluding hydrogens is 392 g/mol. The van der Waals surface area contributed by atoms with Crippen molar-refractivity contribution >= 4 is 85.5 Å². The molecule has 0 spiro atoms. The minimum atomic E-state index is 1.19. The molecular formula is C14H6Br2S2. The van der Waals surface area contributed by atoms with E-state index in [4.69, 9.17) is 0 Å². The van der Waals surface area contributed by atoms with Gasteiger partial charge in [0.2, 0.25) is 0 Å². The third-order valence-electron chi connectivity index (χ3n) is 3.12. The lowest BCUT2D eigenvalue weighted by molar-refractivity contribution is 1.84. The molecule has 2 aromatic carbocycles. The molecule has 4 heteroatoms. The molecule has 0 aliphatic carbocycles. The summed E-state index contributed by atoms with van der Waals surface area (Å²) in [6.45, 7) is 0. The fourth-order valence-electron chi connectivity index (χ4n) is 2.41. The summed E-state index contributed by atoms with van der Waals surface area (Å²) in [6.07, 6.45) is 0. The number of halogens is 2. The Morgan fingerprint density at radius 1 is 0.667 bits per heavy atom. The molecule has 0 radical (unpaired) electrons. The second-order valence-corrected chi connectivity index (χ2v) is 9.00. The van der Waals surface area contributed by atoms with E-state index in [-0.39, 0.29) is 0 Å². The summed E-state index contributed by atoms with van der Waals surface area (Å²) in [7, 11) is 0. The van der Waals surface area contributed by atoms with Crippen LogP contribution in [0.4, 0.5) is 0 Å². The van der Waals surface area contributed by atoms with E-state index < -0.39 is 0 Å². The fraction of sp³-hybridized carbons (Fsp3) is 0. The molecule has 0 saturated heterocycles. The normalized spacial score (nSPS) is 11.9. The number of benzene rings is 2. The quantitative estimate of drug-likeness (QED) is 0.306. The van der Waals surface area contributed by atoms with Crippen LogP contribution in [-0.2, 0) is 0 Å². The van der Waals surface area contributed by atoms with Gasteiger partial charge in [-0.25, -0.2) is 0 Å². The number of rotatable bonds is 0. The lowest BCUT2D eigenvalue weighted by atomic mass is 10.0. The van der Waals surface area contributed by atoms with Crippen molar-refractivity contribution in [1.29, 1.82) is 0 Å². The van der Waals surface area contributed by atoms with E-state index in [1.165, 1.54) is 38.5 Å². The van der Waals surface area contributed by atoms with Crippen molar-refractivity contribution in [3.63, 3.8) is 0 Å². The number of fused-ring (bicyclic) bond motifs is 6. The van der Waals surface area contributed by atoms with Gasteiger partial charge in [0.1, 0.15) is 0 Å². The van der Waals surface area contributed by atoms with Crippen LogP contribution in [0.2, 0.25) is 0 Å². The standard InChI is InChI=1S/C14H6Br2S2/c15-11-5-9-7-3-1-2-4-8(7)10-6-12(16)18-14(10)13(9)17-11/h1-6H. The van der Waals surface area contributed by atoms with Gasteiger partial charge in [-0.05, 0) is 54.8 Å². The summed E-state index contributed by atoms with van der Waals surface area (Å²) >= 11 is 10.9. The van der Waals surface area contributed by atoms with E-state index in [1.807, 2.05) is 22.7 Å². The number of hydrogen-bond acceptors (Lipinski definition) is 2. The highest BCUT2D eigenvalue weighted by Crippen LogP contribution is 2.45. The molecule has 4 rings (SSSR count). The van der Waals surface area contributed by atoms with Crippen LogP contribution < -0.4 is 0 Å². The van der Waals surface area contributed by atoms with Crippen LogP contribution in [0.15, 0.2) is 44.0 Å². The predicted molar refractivity (Wildman–Crippen MR) is 90.1 cm³/mol. The van der Waals surface area contributed by atoms with E-state index in [0.29, 0.717) is 0 Å². The SMILES string of the molecule is Brc1cc2c3ccccc3c3cc(Br)sc3c2s1. The van der Waals surface area contributed by atoms with Crippen LogP contribution >= 0.6 is 54.5 Å². The predicted octanol–water partition coefficient (Wildman–Crippen LogP) is 6.79. The van der Waals surface area contributed by atoms with Crippen LogP contribution in [0.25, 0.3) is 30.9 Å². The summed E-state index contributed by atoms with van der Waals surface area (Å²) in [5.41, 5.74) is 0. The molecule has 0 atom stereocenters. The van der Waals surface area contributed by atoms with Gasteiger partial charge in [0.25, 0.3) is 0 Å². The first-order valence-electron chi connectivity index (χ1n) is 5.43. The van der Waals surface area contributed by atoms with E-state index in [9.17, 15) is 0 Å². The van der Waals surface area contributed by atoms with Crippen LogP contribution in [0, 0.1) is 0 Å². The minimum Gasteiger partial charge on any atom is -0.127 e. The Bertz CT molecular complexity index is 827. The fourth-order valence-corrected chi connectivity index (χ4v) is 5.80. The third kappa shape index (κ3) is 1.53. The summed E-state index contributed by atoms with van der Waals surface area (Å²) in [5.74, 6) is 0. The van der Waals surface area contributed by atoms with Gasteiger partial charge < -0.3 is 0 Å². The van der Waals surface area contributed by atoms with Crippen LogP contribution in [-0.4, -0.2) is 0 Å². The van der Waals surface area contributed by atoms with Gasteiger partial charge in [0.15, 0.2) is 0 Å². The van der Waals surface area contributed by atoms with E-state index in [1.54, 1.807) is 0 Å². The Morgan fingerprint density at radius 3 is 1.56 bits per heavy atom. The zero-order valence-corrected chi connectivity index (χ0v) is 13.8. The molecule has 0 unspecified atom stereocenters. The Balaban J connectivity index is 2.44. The molecule has 0 N–H and O–H groups in total. The molecule has 18 heavy (non-hydrogen) atoms. The zero-order valence-electron chi connectivity index (χ0n) is 9.04. The van der Waals surface area contributed by atoms with Crippen molar-refractivity contribution in [2.75, 3.05) is 0 Å². The average Bonchev–Trinajstić information content (AvgIpc) is 2.92. The highest BCUT2D eigenvalue weighted by Gasteiger charge is 2.13. The first kappa shape index (κ1) is 11.4. The largest absolute Gasteiger partial charge is 0.127 e. The molecule has 0 amide bonds. The second-order valence-electron chi connectivity index (χ2n) is 4.13. The first-order valence-corrected chi connectivity index (χ1v) is 8.65. The van der Waals surface area contributed by atoms with Crippen molar-refractivity contribution in [2.24, 2.45) is 0 Å². The monoisotopic (exact) mass is 396 g/mol. The molecule has 0 nitrogen and oxygen atoms in total. The van der Waals surface area contributed by atoms with Gasteiger partial charge in [-0.1, -0.05) is 24.3 Å². The van der Waals surface area contributed by atoms with Crippen LogP contribution in [0.3, 0.4) is 0 Å². The molecule has 0 saturated carbocycles. The van der Waals surface area contributed by atoms with Gasteiger partial charge in [-0.3, -0.25) is 0 Å². The third-order valence-corrected chi connectivity index (χ3v) is 6.56. The molecule has 2 aromatic heterocycles. The van der Waals surface area contributed by atoms with E-state index in [2.05, 4.69) is 68.3 Å². The van der Waals surface area contributed by atoms with Crippen molar-refractivity contribution in [1.82, 2.24) is 0 Å². The first-order chi connectivity index (χ1) is 8.74. The maximum Gasteiger partial charge on any atom is 0.0711 e. The van der Waals surface area contributed by atoms with Gasteiger partial charge >= 0.3 is 0 Å². The summed E-state index contributed by atoms with van der Waals surface area (Å²) in [5, 5.41) is 5.38. The Kier molecular flexibility index (Phi) is 2.56. The molecule has 4 aromatic rings. The highest BCUT2D eigenvalue weighted by molar-refractivity contribution is 9.11. The zero-order chi connectivity index (χ0) is 12.3. The van der Waals surface area contributed by atoms with E-state index in [0.717, 1.165) is 0 Å². The number of thiophene rings is 2. The topological polar surface area (TPSA) is 0 Å². The Morgan fingerprint density at radius 2 is 1.11 bits per heavy atom. The lowest BCUT2D eigenvalue weighted by Gasteiger charge is -2.01. The van der Waals surface area contributed by atoms with E-state index >= 15 is 0 Å². The molecule has 0 aliphatic heterocycles. The van der Waals surface area contributed by atoms with Gasteiger partial charge in [0.05, 0.1) is 17.0 Å². The Labute approximate surface area is 128 Å². The highest BCUT2D eigenvalue weighted by atomic mass is 79.9. The smallest absolute Gasteiger partial charge is 0.0711 e. The minimum absolute atomic E-state index is 1.19. The van der Waals surface area contributed by atoms with Crippen molar-refractivity contribution in [3.05, 3.63) is 44.0 Å². The van der Waals surface area contributed by atoms with Gasteiger partial charge in [-0.2, -0.15) is 0 Å².